The van der Waals surface area contributed by atoms with E-state index >= 15 is 0 Å². The van der Waals surface area contributed by atoms with Gasteiger partial charge in [-0.3, -0.25) is 0 Å². The summed E-state index contributed by atoms with van der Waals surface area (Å²) in [6, 6.07) is 0. The van der Waals surface area contributed by atoms with Crippen LogP contribution in [0.1, 0.15) is 0 Å². The van der Waals surface area contributed by atoms with Gasteiger partial charge < -0.3 is 0 Å². The maximum atomic E-state index is 4.83. The lowest BCUT2D eigenvalue weighted by Crippen LogP contribution is -2.03. The number of allylic oxidation sites excluding steroid dienone is 4. The van der Waals surface area contributed by atoms with E-state index in [0.29, 0.717) is 4.86 Å². The van der Waals surface area contributed by atoms with Crippen LogP contribution in [-0.4, -0.2) is 9.73 Å². The molecule has 39 valence electrons. The van der Waals surface area contributed by atoms with Crippen LogP contribution in [0.5, 0.6) is 0 Å². The van der Waals surface area contributed by atoms with Crippen molar-refractivity contribution in [2.24, 2.45) is 0 Å². The van der Waals surface area contributed by atoms with Crippen LogP contribution < -0.4 is 0 Å². The lowest BCUT2D eigenvalue weighted by Gasteiger charge is -1.95. The molecule has 1 aliphatic carbocycles. The largest absolute Gasteiger partial charge is 0.0785 e. The van der Waals surface area contributed by atoms with Crippen LogP contribution in [-0.2, 0) is 0 Å². The van der Waals surface area contributed by atoms with Crippen LogP contribution in [0.15, 0.2) is 18.2 Å². The zero-order chi connectivity index (χ0) is 5.98. The molecule has 0 atom stereocenters. The molecule has 0 heterocycles. The second-order valence-corrected chi connectivity index (χ2v) is 2.25. The Morgan fingerprint density at radius 3 is 2.38 bits per heavy atom. The molecular weight excluding hydrogens is 136 g/mol. The van der Waals surface area contributed by atoms with Crippen molar-refractivity contribution in [3.8, 4) is 0 Å². The maximum Gasteiger partial charge on any atom is 0.0563 e. The molecule has 2 heteroatoms. The summed E-state index contributed by atoms with van der Waals surface area (Å²) in [5.41, 5.74) is 0. The molecule has 8 heavy (non-hydrogen) atoms. The van der Waals surface area contributed by atoms with E-state index in [4.69, 9.17) is 24.4 Å². The fourth-order valence-electron chi connectivity index (χ4n) is 0.401. The van der Waals surface area contributed by atoms with Crippen molar-refractivity contribution in [1.29, 1.82) is 0 Å². The third-order valence-corrected chi connectivity index (χ3v) is 1.61. The van der Waals surface area contributed by atoms with Gasteiger partial charge in [-0.25, -0.2) is 0 Å². The zero-order valence-corrected chi connectivity index (χ0v) is 5.68. The fourth-order valence-corrected chi connectivity index (χ4v) is 0.664. The van der Waals surface area contributed by atoms with E-state index < -0.39 is 0 Å². The molecule has 0 saturated heterocycles. The summed E-state index contributed by atoms with van der Waals surface area (Å²) in [5, 5.41) is 0. The predicted molar refractivity (Wildman–Crippen MR) is 42.1 cm³/mol. The van der Waals surface area contributed by atoms with Crippen molar-refractivity contribution in [3.63, 3.8) is 0 Å². The van der Waals surface area contributed by atoms with E-state index in [0.717, 1.165) is 4.86 Å². The summed E-state index contributed by atoms with van der Waals surface area (Å²) in [4.78, 5) is 1.45. The normalized spacial score (nSPS) is 17.5. The fraction of sp³-hybridized carbons (Fsp3) is 0. The third-order valence-electron chi connectivity index (χ3n) is 0.788. The second-order valence-electron chi connectivity index (χ2n) is 1.37. The summed E-state index contributed by atoms with van der Waals surface area (Å²) in [7, 11) is 0. The van der Waals surface area contributed by atoms with Gasteiger partial charge in [-0.1, -0.05) is 30.5 Å². The van der Waals surface area contributed by atoms with Crippen LogP contribution in [0.25, 0.3) is 0 Å². The van der Waals surface area contributed by atoms with Crippen molar-refractivity contribution in [2.75, 3.05) is 0 Å². The molecule has 0 fully saturated rings. The quantitative estimate of drug-likeness (QED) is 0.468. The maximum absolute atomic E-state index is 4.83. The highest BCUT2D eigenvalue weighted by molar-refractivity contribution is 7.90. The van der Waals surface area contributed by atoms with Crippen LogP contribution >= 0.6 is 24.4 Å². The molecule has 0 nitrogen and oxygen atoms in total. The molecule has 0 amide bonds. The van der Waals surface area contributed by atoms with Crippen molar-refractivity contribution in [3.05, 3.63) is 24.3 Å². The molecule has 0 aromatic heterocycles. The van der Waals surface area contributed by atoms with Crippen molar-refractivity contribution >= 4 is 34.2 Å². The van der Waals surface area contributed by atoms with Gasteiger partial charge in [-0.2, -0.15) is 0 Å². The molecule has 0 aliphatic heterocycles. The molecular formula is C6H3S2. The van der Waals surface area contributed by atoms with Crippen LogP contribution in [0.4, 0.5) is 0 Å². The van der Waals surface area contributed by atoms with Crippen molar-refractivity contribution < 1.29 is 0 Å². The number of hydrogen-bond donors (Lipinski definition) is 0. The van der Waals surface area contributed by atoms with Gasteiger partial charge in [0.2, 0.25) is 0 Å². The number of hydrogen-bond acceptors (Lipinski definition) is 2. The molecule has 1 rings (SSSR count). The van der Waals surface area contributed by atoms with E-state index in [1.54, 1.807) is 18.2 Å². The summed E-state index contributed by atoms with van der Waals surface area (Å²) in [5.74, 6) is 0. The van der Waals surface area contributed by atoms with E-state index in [2.05, 4.69) is 6.08 Å². The minimum absolute atomic E-state index is 0.711. The minimum Gasteiger partial charge on any atom is -0.0785 e. The highest BCUT2D eigenvalue weighted by atomic mass is 32.1. The highest BCUT2D eigenvalue weighted by Gasteiger charge is 1.97. The Labute approximate surface area is 58.9 Å². The smallest absolute Gasteiger partial charge is 0.0563 e. The van der Waals surface area contributed by atoms with Crippen LogP contribution in [0, 0.1) is 6.08 Å². The van der Waals surface area contributed by atoms with Gasteiger partial charge in [-0.15, -0.1) is 0 Å². The van der Waals surface area contributed by atoms with Crippen LogP contribution in [0.2, 0.25) is 0 Å². The Balaban J connectivity index is 2.89. The molecule has 1 aliphatic rings. The molecule has 0 aromatic carbocycles. The molecule has 0 aromatic rings. The van der Waals surface area contributed by atoms with Gasteiger partial charge in [0.1, 0.15) is 0 Å². The first-order valence-corrected chi connectivity index (χ1v) is 2.96. The van der Waals surface area contributed by atoms with Crippen molar-refractivity contribution in [2.45, 2.75) is 0 Å². The first-order chi connectivity index (χ1) is 3.80. The molecule has 0 unspecified atom stereocenters. The van der Waals surface area contributed by atoms with Gasteiger partial charge >= 0.3 is 0 Å². The summed E-state index contributed by atoms with van der Waals surface area (Å²) < 4.78 is 0. The van der Waals surface area contributed by atoms with Crippen LogP contribution in [0.3, 0.4) is 0 Å². The monoisotopic (exact) mass is 139 g/mol. The molecule has 1 radical (unpaired) electrons. The number of rotatable bonds is 0. The first kappa shape index (κ1) is 5.79. The topological polar surface area (TPSA) is 0 Å². The number of thiocarbonyl (C=S) groups is 2. The Morgan fingerprint density at radius 1 is 1.25 bits per heavy atom. The van der Waals surface area contributed by atoms with E-state index in [-0.39, 0.29) is 0 Å². The van der Waals surface area contributed by atoms with E-state index in [1.807, 2.05) is 0 Å². The molecule has 0 N–H and O–H groups in total. The molecule has 0 saturated carbocycles. The Bertz CT molecular complexity index is 165. The lowest BCUT2D eigenvalue weighted by atomic mass is 10.2. The predicted octanol–water partition coefficient (Wildman–Crippen LogP) is 1.66. The van der Waals surface area contributed by atoms with E-state index in [9.17, 15) is 0 Å². The van der Waals surface area contributed by atoms with Gasteiger partial charge in [0.25, 0.3) is 0 Å². The third kappa shape index (κ3) is 1.08. The second kappa shape index (κ2) is 2.29. The van der Waals surface area contributed by atoms with Gasteiger partial charge in [0, 0.05) is 0 Å². The average molecular weight is 139 g/mol. The van der Waals surface area contributed by atoms with E-state index in [1.165, 1.54) is 0 Å². The molecule has 0 spiro atoms. The lowest BCUT2D eigenvalue weighted by molar-refractivity contribution is 1.92. The first-order valence-electron chi connectivity index (χ1n) is 2.15. The minimum atomic E-state index is 0.711. The Morgan fingerprint density at radius 2 is 2.00 bits per heavy atom. The molecule has 0 bridgehead atoms. The van der Waals surface area contributed by atoms with Crippen molar-refractivity contribution in [1.82, 2.24) is 0 Å². The summed E-state index contributed by atoms with van der Waals surface area (Å²) in [6.07, 6.45) is 8.07. The van der Waals surface area contributed by atoms with Gasteiger partial charge in [-0.05, 0) is 18.2 Å². The summed E-state index contributed by atoms with van der Waals surface area (Å²) in [6.45, 7) is 0. The average Bonchev–Trinajstić information content (AvgIpc) is 1.77. The standard InChI is InChI=1S/C6H3S2/c7-5-3-1-2-4-6(5)8/h1,3-4H. The highest BCUT2D eigenvalue weighted by Crippen LogP contribution is 1.95. The van der Waals surface area contributed by atoms with Gasteiger partial charge in [0.05, 0.1) is 9.73 Å². The van der Waals surface area contributed by atoms with Gasteiger partial charge in [0.15, 0.2) is 0 Å². The summed E-state index contributed by atoms with van der Waals surface area (Å²) >= 11 is 9.65. The SMILES string of the molecule is S=C1C=[C]C=CC1=S. The Hall–Kier alpha value is -0.340. The zero-order valence-electron chi connectivity index (χ0n) is 4.05. The Kier molecular flexibility index (Phi) is 1.65.